The fourth-order valence-corrected chi connectivity index (χ4v) is 4.46. The van der Waals surface area contributed by atoms with E-state index in [4.69, 9.17) is 4.74 Å². The zero-order valence-corrected chi connectivity index (χ0v) is 21.1. The maximum atomic E-state index is 13.0. The molecule has 1 N–H and O–H groups in total. The first-order chi connectivity index (χ1) is 17.2. The Morgan fingerprint density at radius 2 is 1.83 bits per heavy atom. The van der Waals surface area contributed by atoms with Crippen LogP contribution in [0.25, 0.3) is 16.6 Å². The van der Waals surface area contributed by atoms with Crippen molar-refractivity contribution in [3.63, 3.8) is 0 Å². The summed E-state index contributed by atoms with van der Waals surface area (Å²) in [7, 11) is 1.72. The van der Waals surface area contributed by atoms with Gasteiger partial charge in [0.15, 0.2) is 0 Å². The van der Waals surface area contributed by atoms with Gasteiger partial charge < -0.3 is 14.6 Å². The maximum Gasteiger partial charge on any atom is 0.250 e. The standard InChI is InChI=1S/C29H32N4O3/c1-19(2)26(31-28(35)29(3)14-15-29)27(20-8-6-5-7-9-20)36-23-11-12-24-21(16-23)17-30-33(24)22-10-13-25(34)32(4)18-22/h5-13,16-19,26-27H,14-15H2,1-4H3,(H,31,35)/t26-,27+/m0/s1. The summed E-state index contributed by atoms with van der Waals surface area (Å²) >= 11 is 0. The van der Waals surface area contributed by atoms with Gasteiger partial charge in [-0.15, -0.1) is 0 Å². The van der Waals surface area contributed by atoms with Crippen LogP contribution in [0.1, 0.15) is 45.3 Å². The number of benzene rings is 2. The van der Waals surface area contributed by atoms with E-state index in [0.717, 1.165) is 35.0 Å². The molecule has 186 valence electrons. The van der Waals surface area contributed by atoms with Gasteiger partial charge in [-0.05, 0) is 48.6 Å². The molecule has 2 heterocycles. The molecule has 0 saturated heterocycles. The van der Waals surface area contributed by atoms with Gasteiger partial charge in [0.25, 0.3) is 0 Å². The second kappa shape index (κ2) is 9.30. The average molecular weight is 485 g/mol. The average Bonchev–Trinajstić information content (AvgIpc) is 3.49. The number of nitrogens with one attached hydrogen (secondary N) is 1. The quantitative estimate of drug-likeness (QED) is 0.390. The number of aromatic nitrogens is 3. The number of rotatable bonds is 8. The second-order valence-corrected chi connectivity index (χ2v) is 10.4. The van der Waals surface area contributed by atoms with Crippen molar-refractivity contribution in [1.82, 2.24) is 19.7 Å². The van der Waals surface area contributed by atoms with E-state index in [1.54, 1.807) is 30.2 Å². The van der Waals surface area contributed by atoms with Crippen molar-refractivity contribution in [3.8, 4) is 11.4 Å². The highest BCUT2D eigenvalue weighted by molar-refractivity contribution is 5.85. The summed E-state index contributed by atoms with van der Waals surface area (Å²) in [6.45, 7) is 6.24. The highest BCUT2D eigenvalue weighted by Crippen LogP contribution is 2.45. The SMILES string of the molecule is CC(C)[C@H](NC(=O)C1(C)CC1)[C@H](Oc1ccc2c(cnn2-c2ccc(=O)n(C)c2)c1)c1ccccc1. The molecule has 0 bridgehead atoms. The Morgan fingerprint density at radius 1 is 1.08 bits per heavy atom. The lowest BCUT2D eigenvalue weighted by atomic mass is 9.92. The van der Waals surface area contributed by atoms with Gasteiger partial charge in [-0.1, -0.05) is 51.1 Å². The fourth-order valence-electron chi connectivity index (χ4n) is 4.46. The van der Waals surface area contributed by atoms with Crippen LogP contribution in [-0.4, -0.2) is 26.3 Å². The summed E-state index contributed by atoms with van der Waals surface area (Å²) in [5, 5.41) is 8.76. The number of ether oxygens (including phenoxy) is 1. The molecule has 1 aliphatic carbocycles. The number of hydrogen-bond acceptors (Lipinski definition) is 4. The molecule has 0 unspecified atom stereocenters. The Kier molecular flexibility index (Phi) is 6.16. The van der Waals surface area contributed by atoms with E-state index in [1.807, 2.05) is 55.5 Å². The molecule has 1 aliphatic rings. The molecule has 7 heteroatoms. The molecule has 2 aromatic carbocycles. The number of hydrogen-bond donors (Lipinski definition) is 1. The van der Waals surface area contributed by atoms with E-state index in [2.05, 4.69) is 24.3 Å². The smallest absolute Gasteiger partial charge is 0.250 e. The van der Waals surface area contributed by atoms with Crippen LogP contribution in [0, 0.1) is 11.3 Å². The van der Waals surface area contributed by atoms with Gasteiger partial charge in [-0.3, -0.25) is 9.59 Å². The van der Waals surface area contributed by atoms with Gasteiger partial charge in [0.1, 0.15) is 11.9 Å². The third kappa shape index (κ3) is 4.65. The molecule has 0 spiro atoms. The Hall–Kier alpha value is -3.87. The lowest BCUT2D eigenvalue weighted by molar-refractivity contribution is -0.127. The molecular weight excluding hydrogens is 452 g/mol. The van der Waals surface area contributed by atoms with E-state index >= 15 is 0 Å². The van der Waals surface area contributed by atoms with Crippen molar-refractivity contribution < 1.29 is 9.53 Å². The first-order valence-electron chi connectivity index (χ1n) is 12.4. The monoisotopic (exact) mass is 484 g/mol. The number of carbonyl (C=O) groups excluding carboxylic acids is 1. The van der Waals surface area contributed by atoms with Gasteiger partial charge in [0, 0.05) is 30.1 Å². The predicted molar refractivity (Wildman–Crippen MR) is 140 cm³/mol. The van der Waals surface area contributed by atoms with Crippen molar-refractivity contribution in [2.24, 2.45) is 18.4 Å². The Morgan fingerprint density at radius 3 is 2.50 bits per heavy atom. The van der Waals surface area contributed by atoms with Crippen LogP contribution in [0.2, 0.25) is 0 Å². The van der Waals surface area contributed by atoms with Crippen molar-refractivity contribution in [1.29, 1.82) is 0 Å². The minimum Gasteiger partial charge on any atom is -0.484 e. The molecule has 4 aromatic rings. The lowest BCUT2D eigenvalue weighted by Crippen LogP contribution is -2.47. The molecule has 36 heavy (non-hydrogen) atoms. The minimum absolute atomic E-state index is 0.0691. The van der Waals surface area contributed by atoms with Crippen LogP contribution in [-0.2, 0) is 11.8 Å². The Balaban J connectivity index is 1.47. The molecule has 1 fully saturated rings. The topological polar surface area (TPSA) is 78.2 Å². The van der Waals surface area contributed by atoms with Crippen molar-refractivity contribution in [2.45, 2.75) is 45.8 Å². The van der Waals surface area contributed by atoms with Gasteiger partial charge in [0.2, 0.25) is 11.5 Å². The zero-order valence-electron chi connectivity index (χ0n) is 21.1. The predicted octanol–water partition coefficient (Wildman–Crippen LogP) is 4.79. The highest BCUT2D eigenvalue weighted by atomic mass is 16.5. The number of pyridine rings is 1. The Labute approximate surface area is 210 Å². The van der Waals surface area contributed by atoms with Crippen molar-refractivity contribution in [3.05, 3.63) is 89.0 Å². The summed E-state index contributed by atoms with van der Waals surface area (Å²) in [5.41, 5.74) is 2.40. The summed E-state index contributed by atoms with van der Waals surface area (Å²) in [5.74, 6) is 0.964. The number of fused-ring (bicyclic) bond motifs is 1. The molecule has 7 nitrogen and oxygen atoms in total. The summed E-state index contributed by atoms with van der Waals surface area (Å²) in [6, 6.07) is 19.0. The molecule has 1 amide bonds. The van der Waals surface area contributed by atoms with Gasteiger partial charge in [0.05, 0.1) is 23.4 Å². The van der Waals surface area contributed by atoms with Crippen LogP contribution in [0.5, 0.6) is 5.75 Å². The third-order valence-electron chi connectivity index (χ3n) is 7.14. The molecule has 1 saturated carbocycles. The zero-order chi connectivity index (χ0) is 25.4. The number of nitrogens with zero attached hydrogens (tertiary/aromatic N) is 3. The minimum atomic E-state index is -0.353. The van der Waals surface area contributed by atoms with E-state index in [9.17, 15) is 9.59 Å². The first kappa shape index (κ1) is 23.9. The summed E-state index contributed by atoms with van der Waals surface area (Å²) in [4.78, 5) is 24.8. The van der Waals surface area contributed by atoms with E-state index in [0.29, 0.717) is 5.75 Å². The second-order valence-electron chi connectivity index (χ2n) is 10.4. The van der Waals surface area contributed by atoms with Crippen LogP contribution < -0.4 is 15.6 Å². The third-order valence-corrected chi connectivity index (χ3v) is 7.14. The number of carbonyl (C=O) groups is 1. The highest BCUT2D eigenvalue weighted by Gasteiger charge is 2.46. The maximum absolute atomic E-state index is 13.0. The molecule has 2 aromatic heterocycles. The summed E-state index contributed by atoms with van der Waals surface area (Å²) in [6.07, 6.45) is 5.06. The van der Waals surface area contributed by atoms with E-state index in [-0.39, 0.29) is 34.9 Å². The van der Waals surface area contributed by atoms with Crippen molar-refractivity contribution >= 4 is 16.8 Å². The first-order valence-corrected chi connectivity index (χ1v) is 12.4. The molecule has 2 atom stereocenters. The molecule has 0 aliphatic heterocycles. The normalized spacial score (nSPS) is 16.0. The summed E-state index contributed by atoms with van der Waals surface area (Å²) < 4.78 is 9.96. The van der Waals surface area contributed by atoms with Crippen LogP contribution in [0.3, 0.4) is 0 Å². The van der Waals surface area contributed by atoms with Crippen LogP contribution in [0.4, 0.5) is 0 Å². The van der Waals surface area contributed by atoms with Crippen molar-refractivity contribution in [2.75, 3.05) is 0 Å². The number of amides is 1. The Bertz CT molecular complexity index is 1450. The molecular formula is C29H32N4O3. The van der Waals surface area contributed by atoms with Gasteiger partial charge in [-0.25, -0.2) is 4.68 Å². The van der Waals surface area contributed by atoms with E-state index in [1.165, 1.54) is 10.6 Å². The molecule has 5 rings (SSSR count). The molecule has 0 radical (unpaired) electrons. The number of aryl methyl sites for hydroxylation is 1. The fraction of sp³-hybridized carbons (Fsp3) is 0.345. The van der Waals surface area contributed by atoms with Gasteiger partial charge >= 0.3 is 0 Å². The van der Waals surface area contributed by atoms with Gasteiger partial charge in [-0.2, -0.15) is 5.10 Å². The largest absolute Gasteiger partial charge is 0.484 e. The lowest BCUT2D eigenvalue weighted by Gasteiger charge is -2.32. The van der Waals surface area contributed by atoms with Crippen LogP contribution in [0.15, 0.2) is 77.9 Å². The van der Waals surface area contributed by atoms with E-state index < -0.39 is 0 Å². The van der Waals surface area contributed by atoms with Crippen LogP contribution >= 0.6 is 0 Å².